The summed E-state index contributed by atoms with van der Waals surface area (Å²) in [6.45, 7) is 5.68. The SMILES string of the molecule is CCNC(=NCC1(CCOC)CCCC1)NCCCCN1C(=O)c2ccccc2C1=O.I. The molecule has 8 heteroatoms. The van der Waals surface area contributed by atoms with Crippen LogP contribution in [0.2, 0.25) is 0 Å². The molecule has 0 radical (unpaired) electrons. The summed E-state index contributed by atoms with van der Waals surface area (Å²) >= 11 is 0. The number of unbranched alkanes of at least 4 members (excludes halogenated alkanes) is 1. The number of carbonyl (C=O) groups is 2. The lowest BCUT2D eigenvalue weighted by Gasteiger charge is -2.27. The second-order valence-electron chi connectivity index (χ2n) is 8.59. The van der Waals surface area contributed by atoms with Gasteiger partial charge in [0.2, 0.25) is 0 Å². The van der Waals surface area contributed by atoms with Crippen molar-refractivity contribution in [1.29, 1.82) is 0 Å². The van der Waals surface area contributed by atoms with Crippen molar-refractivity contribution in [2.75, 3.05) is 39.9 Å². The zero-order valence-electron chi connectivity index (χ0n) is 19.3. The summed E-state index contributed by atoms with van der Waals surface area (Å²) < 4.78 is 5.32. The summed E-state index contributed by atoms with van der Waals surface area (Å²) in [6.07, 6.45) is 7.68. The number of halogens is 1. The zero-order valence-corrected chi connectivity index (χ0v) is 21.7. The molecule has 2 amide bonds. The number of hydrogen-bond acceptors (Lipinski definition) is 4. The third-order valence-corrected chi connectivity index (χ3v) is 6.40. The Balaban J connectivity index is 0.00000363. The lowest BCUT2D eigenvalue weighted by molar-refractivity contribution is 0.0652. The Morgan fingerprint density at radius 2 is 1.75 bits per heavy atom. The van der Waals surface area contributed by atoms with E-state index in [0.29, 0.717) is 17.7 Å². The minimum Gasteiger partial charge on any atom is -0.385 e. The minimum atomic E-state index is -0.179. The van der Waals surface area contributed by atoms with Gasteiger partial charge in [-0.3, -0.25) is 19.5 Å². The smallest absolute Gasteiger partial charge is 0.261 e. The molecule has 0 bridgehead atoms. The number of nitrogens with one attached hydrogen (secondary N) is 2. The first-order valence-corrected chi connectivity index (χ1v) is 11.6. The monoisotopic (exact) mass is 556 g/mol. The Kier molecular flexibility index (Phi) is 10.9. The number of amides is 2. The van der Waals surface area contributed by atoms with Crippen molar-refractivity contribution in [1.82, 2.24) is 15.5 Å². The average molecular weight is 556 g/mol. The van der Waals surface area contributed by atoms with Crippen molar-refractivity contribution < 1.29 is 14.3 Å². The molecule has 0 unspecified atom stereocenters. The van der Waals surface area contributed by atoms with Crippen molar-refractivity contribution in [2.45, 2.75) is 51.9 Å². The maximum atomic E-state index is 12.4. The standard InChI is InChI=1S/C24H36N4O3.HI/c1-3-25-23(27-18-24(14-17-31-2)12-6-7-13-24)26-15-8-9-16-28-21(29)19-10-4-5-11-20(19)22(28)30;/h4-5,10-11H,3,6-9,12-18H2,1-2H3,(H2,25,26,27);1H. The van der Waals surface area contributed by atoms with Crippen molar-refractivity contribution in [2.24, 2.45) is 10.4 Å². The second-order valence-corrected chi connectivity index (χ2v) is 8.59. The van der Waals surface area contributed by atoms with E-state index >= 15 is 0 Å². The highest BCUT2D eigenvalue weighted by Gasteiger charge is 2.35. The highest BCUT2D eigenvalue weighted by Crippen LogP contribution is 2.41. The summed E-state index contributed by atoms with van der Waals surface area (Å²) in [5.74, 6) is 0.481. The number of guanidine groups is 1. The molecule has 1 aliphatic heterocycles. The van der Waals surface area contributed by atoms with Crippen LogP contribution >= 0.6 is 24.0 Å². The fraction of sp³-hybridized carbons (Fsp3) is 0.625. The first-order valence-electron chi connectivity index (χ1n) is 11.6. The molecule has 32 heavy (non-hydrogen) atoms. The van der Waals surface area contributed by atoms with Gasteiger partial charge in [-0.15, -0.1) is 24.0 Å². The number of rotatable bonds is 11. The largest absolute Gasteiger partial charge is 0.385 e. The number of aliphatic imine (C=N–C) groups is 1. The number of nitrogens with zero attached hydrogens (tertiary/aromatic N) is 2. The third-order valence-electron chi connectivity index (χ3n) is 6.40. The van der Waals surface area contributed by atoms with Gasteiger partial charge in [0.15, 0.2) is 5.96 Å². The summed E-state index contributed by atoms with van der Waals surface area (Å²) in [6, 6.07) is 7.04. The Hall–Kier alpha value is -1.68. The lowest BCUT2D eigenvalue weighted by atomic mass is 9.83. The predicted octanol–water partition coefficient (Wildman–Crippen LogP) is 3.83. The highest BCUT2D eigenvalue weighted by atomic mass is 127. The van der Waals surface area contributed by atoms with Gasteiger partial charge in [0.05, 0.1) is 11.1 Å². The van der Waals surface area contributed by atoms with Crippen LogP contribution < -0.4 is 10.6 Å². The van der Waals surface area contributed by atoms with Gasteiger partial charge >= 0.3 is 0 Å². The maximum absolute atomic E-state index is 12.4. The summed E-state index contributed by atoms with van der Waals surface area (Å²) in [4.78, 5) is 31.1. The van der Waals surface area contributed by atoms with Gasteiger partial charge in [0.1, 0.15) is 0 Å². The van der Waals surface area contributed by atoms with Crippen LogP contribution in [0.4, 0.5) is 0 Å². The number of fused-ring (bicyclic) bond motifs is 1. The van der Waals surface area contributed by atoms with Crippen molar-refractivity contribution in [3.63, 3.8) is 0 Å². The fourth-order valence-electron chi connectivity index (χ4n) is 4.56. The molecule has 7 nitrogen and oxygen atoms in total. The van der Waals surface area contributed by atoms with E-state index in [2.05, 4.69) is 17.6 Å². The number of benzene rings is 1. The molecule has 0 spiro atoms. The predicted molar refractivity (Wildman–Crippen MR) is 138 cm³/mol. The van der Waals surface area contributed by atoms with Crippen LogP contribution in [-0.2, 0) is 4.74 Å². The summed E-state index contributed by atoms with van der Waals surface area (Å²) in [5.41, 5.74) is 1.30. The highest BCUT2D eigenvalue weighted by molar-refractivity contribution is 14.0. The maximum Gasteiger partial charge on any atom is 0.261 e. The fourth-order valence-corrected chi connectivity index (χ4v) is 4.56. The van der Waals surface area contributed by atoms with Crippen molar-refractivity contribution in [3.05, 3.63) is 35.4 Å². The van der Waals surface area contributed by atoms with E-state index in [1.54, 1.807) is 31.4 Å². The molecule has 1 heterocycles. The molecular formula is C24H37IN4O3. The Bertz CT molecular complexity index is 758. The molecule has 3 rings (SSSR count). The Morgan fingerprint density at radius 1 is 1.09 bits per heavy atom. The number of imide groups is 1. The average Bonchev–Trinajstić information content (AvgIpc) is 3.35. The van der Waals surface area contributed by atoms with Gasteiger partial charge in [0, 0.05) is 39.9 Å². The summed E-state index contributed by atoms with van der Waals surface area (Å²) in [5, 5.41) is 6.73. The molecule has 0 aromatic heterocycles. The second kappa shape index (κ2) is 13.1. The van der Waals surface area contributed by atoms with E-state index in [1.165, 1.54) is 30.6 Å². The van der Waals surface area contributed by atoms with E-state index in [9.17, 15) is 9.59 Å². The van der Waals surface area contributed by atoms with Crippen LogP contribution in [0.5, 0.6) is 0 Å². The molecule has 1 fully saturated rings. The Labute approximate surface area is 208 Å². The van der Waals surface area contributed by atoms with Gasteiger partial charge < -0.3 is 15.4 Å². The van der Waals surface area contributed by atoms with Gasteiger partial charge in [0.25, 0.3) is 11.8 Å². The first kappa shape index (κ1) is 26.6. The molecule has 178 valence electrons. The van der Waals surface area contributed by atoms with Gasteiger partial charge in [-0.05, 0) is 56.6 Å². The van der Waals surface area contributed by atoms with Gasteiger partial charge in [-0.25, -0.2) is 0 Å². The molecule has 0 atom stereocenters. The van der Waals surface area contributed by atoms with Crippen LogP contribution in [0.1, 0.15) is 72.6 Å². The van der Waals surface area contributed by atoms with E-state index in [0.717, 1.165) is 51.5 Å². The molecule has 2 aliphatic rings. The topological polar surface area (TPSA) is 83.0 Å². The van der Waals surface area contributed by atoms with Crippen LogP contribution in [-0.4, -0.2) is 62.6 Å². The quantitative estimate of drug-likeness (QED) is 0.142. The van der Waals surface area contributed by atoms with Crippen molar-refractivity contribution in [3.8, 4) is 0 Å². The van der Waals surface area contributed by atoms with E-state index in [1.807, 2.05) is 0 Å². The van der Waals surface area contributed by atoms with Crippen LogP contribution in [0.25, 0.3) is 0 Å². The summed E-state index contributed by atoms with van der Waals surface area (Å²) in [7, 11) is 1.76. The van der Waals surface area contributed by atoms with Crippen LogP contribution in [0.15, 0.2) is 29.3 Å². The van der Waals surface area contributed by atoms with E-state index in [-0.39, 0.29) is 41.2 Å². The lowest BCUT2D eigenvalue weighted by Crippen LogP contribution is -2.39. The molecule has 1 aliphatic carbocycles. The molecule has 0 saturated heterocycles. The van der Waals surface area contributed by atoms with E-state index < -0.39 is 0 Å². The minimum absolute atomic E-state index is 0. The molecule has 2 N–H and O–H groups in total. The Morgan fingerprint density at radius 3 is 2.34 bits per heavy atom. The van der Waals surface area contributed by atoms with Gasteiger partial charge in [-0.1, -0.05) is 25.0 Å². The van der Waals surface area contributed by atoms with E-state index in [4.69, 9.17) is 9.73 Å². The van der Waals surface area contributed by atoms with Crippen molar-refractivity contribution >= 4 is 41.8 Å². The number of ether oxygens (including phenoxy) is 1. The molecule has 1 aromatic carbocycles. The molecular weight excluding hydrogens is 519 g/mol. The van der Waals surface area contributed by atoms with Crippen LogP contribution in [0.3, 0.4) is 0 Å². The number of carbonyl (C=O) groups excluding carboxylic acids is 2. The number of hydrogen-bond donors (Lipinski definition) is 2. The molecule has 1 aromatic rings. The normalized spacial score (nSPS) is 17.3. The van der Waals surface area contributed by atoms with Gasteiger partial charge in [-0.2, -0.15) is 0 Å². The molecule has 1 saturated carbocycles. The number of methoxy groups -OCH3 is 1. The first-order chi connectivity index (χ1) is 15.1. The van der Waals surface area contributed by atoms with Crippen LogP contribution in [0, 0.1) is 5.41 Å². The zero-order chi connectivity index (χ0) is 22.1. The third kappa shape index (κ3) is 6.66.